The van der Waals surface area contributed by atoms with E-state index in [2.05, 4.69) is 21.7 Å². The predicted octanol–water partition coefficient (Wildman–Crippen LogP) is 2.94. The van der Waals surface area contributed by atoms with E-state index in [4.69, 9.17) is 11.6 Å². The summed E-state index contributed by atoms with van der Waals surface area (Å²) in [6.45, 7) is 3.60. The summed E-state index contributed by atoms with van der Waals surface area (Å²) >= 11 is 6.07. The van der Waals surface area contributed by atoms with Crippen LogP contribution in [0.4, 0.5) is 5.69 Å². The lowest BCUT2D eigenvalue weighted by molar-refractivity contribution is 0.102. The van der Waals surface area contributed by atoms with Crippen molar-refractivity contribution in [2.24, 2.45) is 0 Å². The molecule has 1 aromatic heterocycles. The minimum Gasteiger partial charge on any atom is -0.319 e. The fourth-order valence-electron chi connectivity index (χ4n) is 2.60. The van der Waals surface area contributed by atoms with Crippen LogP contribution in [0, 0.1) is 6.92 Å². The van der Waals surface area contributed by atoms with Gasteiger partial charge < -0.3 is 10.6 Å². The smallest absolute Gasteiger partial charge is 0.256 e. The predicted molar refractivity (Wildman–Crippen MR) is 83.8 cm³/mol. The van der Waals surface area contributed by atoms with Crippen LogP contribution in [0.2, 0.25) is 5.15 Å². The molecule has 5 heteroatoms. The van der Waals surface area contributed by atoms with Crippen molar-refractivity contribution < 1.29 is 4.79 Å². The largest absolute Gasteiger partial charge is 0.319 e. The fourth-order valence-corrected chi connectivity index (χ4v) is 2.85. The molecule has 2 heterocycles. The van der Waals surface area contributed by atoms with Crippen LogP contribution in [0.3, 0.4) is 0 Å². The number of amides is 1. The third-order valence-corrected chi connectivity index (χ3v) is 4.02. The molecule has 108 valence electrons. The van der Waals surface area contributed by atoms with Crippen LogP contribution in [-0.4, -0.2) is 17.4 Å². The summed E-state index contributed by atoms with van der Waals surface area (Å²) in [5.74, 6) is -0.133. The topological polar surface area (TPSA) is 54.0 Å². The molecule has 0 radical (unpaired) electrons. The number of aromatic nitrogens is 1. The van der Waals surface area contributed by atoms with E-state index in [1.165, 1.54) is 5.56 Å². The second-order valence-corrected chi connectivity index (χ2v) is 5.48. The molecule has 2 aromatic rings. The molecule has 1 aliphatic rings. The Hall–Kier alpha value is -1.91. The number of hydrogen-bond donors (Lipinski definition) is 2. The number of nitrogens with zero attached hydrogens (tertiary/aromatic N) is 1. The van der Waals surface area contributed by atoms with Gasteiger partial charge in [-0.05, 0) is 48.7 Å². The summed E-state index contributed by atoms with van der Waals surface area (Å²) in [4.78, 5) is 16.6. The number of carbonyl (C=O) groups is 1. The molecule has 0 saturated heterocycles. The van der Waals surface area contributed by atoms with Crippen LogP contribution in [-0.2, 0) is 13.0 Å². The maximum Gasteiger partial charge on any atom is 0.256 e. The van der Waals surface area contributed by atoms with Crippen LogP contribution in [0.15, 0.2) is 30.5 Å². The first-order valence-corrected chi connectivity index (χ1v) is 7.28. The molecule has 0 aliphatic carbocycles. The first kappa shape index (κ1) is 14.0. The lowest BCUT2D eigenvalue weighted by Gasteiger charge is -2.20. The number of aryl methyl sites for hydroxylation is 1. The molecule has 21 heavy (non-hydrogen) atoms. The van der Waals surface area contributed by atoms with Crippen LogP contribution in [0.5, 0.6) is 0 Å². The highest BCUT2D eigenvalue weighted by Gasteiger charge is 2.18. The van der Waals surface area contributed by atoms with Crippen molar-refractivity contribution in [2.75, 3.05) is 11.9 Å². The summed E-state index contributed by atoms with van der Waals surface area (Å²) in [7, 11) is 0. The number of rotatable bonds is 2. The van der Waals surface area contributed by atoms with E-state index < -0.39 is 0 Å². The number of fused-ring (bicyclic) bond motifs is 1. The fraction of sp³-hybridized carbons (Fsp3) is 0.250. The average Bonchev–Trinajstić information content (AvgIpc) is 2.50. The van der Waals surface area contributed by atoms with E-state index in [1.807, 2.05) is 25.1 Å². The van der Waals surface area contributed by atoms with E-state index in [9.17, 15) is 4.79 Å². The van der Waals surface area contributed by atoms with Crippen molar-refractivity contribution in [3.63, 3.8) is 0 Å². The van der Waals surface area contributed by atoms with Gasteiger partial charge >= 0.3 is 0 Å². The van der Waals surface area contributed by atoms with Crippen molar-refractivity contribution in [3.05, 3.63) is 57.9 Å². The maximum atomic E-state index is 12.6. The van der Waals surface area contributed by atoms with Crippen molar-refractivity contribution in [2.45, 2.75) is 19.9 Å². The summed E-state index contributed by atoms with van der Waals surface area (Å²) in [5, 5.41) is 6.52. The van der Waals surface area contributed by atoms with Gasteiger partial charge in [-0.1, -0.05) is 23.7 Å². The van der Waals surface area contributed by atoms with E-state index in [0.29, 0.717) is 16.4 Å². The van der Waals surface area contributed by atoms with Crippen LogP contribution >= 0.6 is 11.6 Å². The molecule has 0 bridgehead atoms. The number of nitrogens with one attached hydrogen (secondary N) is 2. The van der Waals surface area contributed by atoms with Gasteiger partial charge in [0.25, 0.3) is 5.91 Å². The molecule has 4 nitrogen and oxygen atoms in total. The summed E-state index contributed by atoms with van der Waals surface area (Å²) in [5.41, 5.74) is 4.49. The van der Waals surface area contributed by atoms with Gasteiger partial charge in [0.05, 0.1) is 5.69 Å². The number of hydrogen-bond acceptors (Lipinski definition) is 3. The van der Waals surface area contributed by atoms with E-state index in [-0.39, 0.29) is 5.91 Å². The zero-order valence-electron chi connectivity index (χ0n) is 11.7. The molecule has 0 atom stereocenters. The SMILES string of the molecule is Cc1ccnc(Cl)c1NC(=O)c1cccc2c1CCNC2. The number of carbonyl (C=O) groups excluding carboxylic acids is 1. The highest BCUT2D eigenvalue weighted by atomic mass is 35.5. The molecule has 0 unspecified atom stereocenters. The lowest BCUT2D eigenvalue weighted by Crippen LogP contribution is -2.26. The third-order valence-electron chi connectivity index (χ3n) is 3.74. The molecule has 3 rings (SSSR count). The zero-order chi connectivity index (χ0) is 14.8. The quantitative estimate of drug-likeness (QED) is 0.839. The summed E-state index contributed by atoms with van der Waals surface area (Å²) < 4.78 is 0. The van der Waals surface area contributed by atoms with Crippen LogP contribution in [0.1, 0.15) is 27.0 Å². The van der Waals surface area contributed by atoms with Gasteiger partial charge in [0, 0.05) is 18.3 Å². The molecule has 1 amide bonds. The number of benzene rings is 1. The van der Waals surface area contributed by atoms with Crippen LogP contribution in [0.25, 0.3) is 0 Å². The van der Waals surface area contributed by atoms with Gasteiger partial charge in [-0.3, -0.25) is 4.79 Å². The molecule has 1 aromatic carbocycles. The van der Waals surface area contributed by atoms with Gasteiger partial charge in [0.15, 0.2) is 5.15 Å². The van der Waals surface area contributed by atoms with Gasteiger partial charge in [0.2, 0.25) is 0 Å². The average molecular weight is 302 g/mol. The maximum absolute atomic E-state index is 12.6. The summed E-state index contributed by atoms with van der Waals surface area (Å²) in [6.07, 6.45) is 2.49. The Morgan fingerprint density at radius 1 is 1.38 bits per heavy atom. The molecule has 0 fully saturated rings. The van der Waals surface area contributed by atoms with Gasteiger partial charge in [-0.25, -0.2) is 4.98 Å². The standard InChI is InChI=1S/C16H16ClN3O/c1-10-5-8-19-15(17)14(10)20-16(21)13-4-2-3-11-9-18-7-6-12(11)13/h2-5,8,18H,6-7,9H2,1H3,(H,20,21). The molecular formula is C16H16ClN3O. The molecule has 0 saturated carbocycles. The Labute approximate surface area is 128 Å². The Kier molecular flexibility index (Phi) is 3.90. The van der Waals surface area contributed by atoms with E-state index >= 15 is 0 Å². The second-order valence-electron chi connectivity index (χ2n) is 5.12. The Morgan fingerprint density at radius 2 is 2.24 bits per heavy atom. The van der Waals surface area contributed by atoms with Crippen molar-refractivity contribution in [1.82, 2.24) is 10.3 Å². The minimum absolute atomic E-state index is 0.133. The van der Waals surface area contributed by atoms with Crippen molar-refractivity contribution in [3.8, 4) is 0 Å². The number of halogens is 1. The Morgan fingerprint density at radius 3 is 3.05 bits per heavy atom. The Bertz CT molecular complexity index is 680. The normalized spacial score (nSPS) is 13.6. The third kappa shape index (κ3) is 2.77. The number of pyridine rings is 1. The lowest BCUT2D eigenvalue weighted by atomic mass is 9.95. The van der Waals surface area contributed by atoms with E-state index in [1.54, 1.807) is 6.20 Å². The van der Waals surface area contributed by atoms with Gasteiger partial charge in [-0.2, -0.15) is 0 Å². The van der Waals surface area contributed by atoms with Crippen LogP contribution < -0.4 is 10.6 Å². The molecular weight excluding hydrogens is 286 g/mol. The Balaban J connectivity index is 1.93. The van der Waals surface area contributed by atoms with Crippen molar-refractivity contribution >= 4 is 23.2 Å². The molecule has 1 aliphatic heterocycles. The number of anilines is 1. The monoisotopic (exact) mass is 301 g/mol. The van der Waals surface area contributed by atoms with E-state index in [0.717, 1.165) is 30.6 Å². The zero-order valence-corrected chi connectivity index (χ0v) is 12.5. The first-order chi connectivity index (χ1) is 10.2. The highest BCUT2D eigenvalue weighted by molar-refractivity contribution is 6.32. The van der Waals surface area contributed by atoms with Crippen molar-refractivity contribution in [1.29, 1.82) is 0 Å². The van der Waals surface area contributed by atoms with Gasteiger partial charge in [0.1, 0.15) is 0 Å². The molecule has 2 N–H and O–H groups in total. The van der Waals surface area contributed by atoms with Gasteiger partial charge in [-0.15, -0.1) is 0 Å². The summed E-state index contributed by atoms with van der Waals surface area (Å²) in [6, 6.07) is 7.66. The highest BCUT2D eigenvalue weighted by Crippen LogP contribution is 2.25. The first-order valence-electron chi connectivity index (χ1n) is 6.91. The minimum atomic E-state index is -0.133. The second kappa shape index (κ2) is 5.84. The molecule has 0 spiro atoms.